The van der Waals surface area contributed by atoms with Crippen molar-refractivity contribution in [3.8, 4) is 0 Å². The van der Waals surface area contributed by atoms with E-state index in [0.29, 0.717) is 19.3 Å². The van der Waals surface area contributed by atoms with Crippen molar-refractivity contribution in [2.24, 2.45) is 5.92 Å². The van der Waals surface area contributed by atoms with Crippen molar-refractivity contribution in [1.29, 1.82) is 0 Å². The molecule has 4 atom stereocenters. The fourth-order valence-corrected chi connectivity index (χ4v) is 4.26. The van der Waals surface area contributed by atoms with Gasteiger partial charge < -0.3 is 24.8 Å². The van der Waals surface area contributed by atoms with E-state index >= 15 is 0 Å². The van der Waals surface area contributed by atoms with Crippen molar-refractivity contribution in [3.63, 3.8) is 0 Å². The van der Waals surface area contributed by atoms with Crippen molar-refractivity contribution < 1.29 is 34.4 Å². The van der Waals surface area contributed by atoms with Gasteiger partial charge in [0.15, 0.2) is 0 Å². The molecule has 0 aliphatic heterocycles. The zero-order chi connectivity index (χ0) is 32.0. The van der Waals surface area contributed by atoms with Crippen LogP contribution in [0.4, 0.5) is 0 Å². The van der Waals surface area contributed by atoms with E-state index in [2.05, 4.69) is 57.2 Å². The van der Waals surface area contributed by atoms with Crippen LogP contribution < -0.4 is 0 Å². The van der Waals surface area contributed by atoms with Gasteiger partial charge in [-0.3, -0.25) is 9.59 Å². The van der Waals surface area contributed by atoms with Gasteiger partial charge in [0.05, 0.1) is 12.2 Å². The van der Waals surface area contributed by atoms with Crippen LogP contribution in [0.3, 0.4) is 0 Å². The standard InChI is InChI=1S/C36H62O7/c1-4-6-7-8-9-10-11-12-13-14-18-21-25-33(38)34(39)26-23-28-36(41)43-30-32(37)29-42-35(40)27-22-19-16-15-17-20-24-31(3)5-2/h6-7,9-10,12-13,18,21,31-34,37-39H,4-5,8,11,14-17,19-20,22-30H2,1-3H3/b7-6-,10-9-,13-12-,21-18-/t31?,32-,33-,34-/m0/s1. The minimum absolute atomic E-state index is 0.0674. The first-order chi connectivity index (χ1) is 20.8. The highest BCUT2D eigenvalue weighted by atomic mass is 16.6. The molecule has 0 rings (SSSR count). The smallest absolute Gasteiger partial charge is 0.305 e. The second-order valence-electron chi connectivity index (χ2n) is 11.5. The molecule has 43 heavy (non-hydrogen) atoms. The first-order valence-corrected chi connectivity index (χ1v) is 16.7. The number of unbranched alkanes of at least 4 members (excludes halogenated alkanes) is 5. The first kappa shape index (κ1) is 40.8. The summed E-state index contributed by atoms with van der Waals surface area (Å²) in [4.78, 5) is 23.8. The Morgan fingerprint density at radius 3 is 1.65 bits per heavy atom. The predicted octanol–water partition coefficient (Wildman–Crippen LogP) is 7.69. The van der Waals surface area contributed by atoms with Crippen LogP contribution in [0.25, 0.3) is 0 Å². The Balaban J connectivity index is 3.79. The van der Waals surface area contributed by atoms with Crippen LogP contribution in [-0.4, -0.2) is 58.8 Å². The van der Waals surface area contributed by atoms with Crippen LogP contribution in [0.1, 0.15) is 130 Å². The minimum Gasteiger partial charge on any atom is -0.463 e. The molecule has 0 saturated heterocycles. The van der Waals surface area contributed by atoms with Crippen LogP contribution >= 0.6 is 0 Å². The van der Waals surface area contributed by atoms with Gasteiger partial charge in [-0.2, -0.15) is 0 Å². The van der Waals surface area contributed by atoms with Crippen molar-refractivity contribution in [2.45, 2.75) is 148 Å². The second kappa shape index (κ2) is 29.8. The number of aliphatic hydroxyl groups excluding tert-OH is 3. The van der Waals surface area contributed by atoms with Gasteiger partial charge in [0.1, 0.15) is 19.3 Å². The van der Waals surface area contributed by atoms with Gasteiger partial charge >= 0.3 is 11.9 Å². The zero-order valence-electron chi connectivity index (χ0n) is 27.3. The lowest BCUT2D eigenvalue weighted by Crippen LogP contribution is -2.26. The first-order valence-electron chi connectivity index (χ1n) is 16.7. The summed E-state index contributed by atoms with van der Waals surface area (Å²) in [7, 11) is 0. The second-order valence-corrected chi connectivity index (χ2v) is 11.5. The molecule has 0 saturated carbocycles. The molecule has 0 aromatic rings. The molecule has 0 aliphatic carbocycles. The molecule has 0 aliphatic rings. The van der Waals surface area contributed by atoms with Crippen molar-refractivity contribution in [2.75, 3.05) is 13.2 Å². The monoisotopic (exact) mass is 606 g/mol. The molecule has 0 bridgehead atoms. The van der Waals surface area contributed by atoms with Gasteiger partial charge in [0.2, 0.25) is 0 Å². The van der Waals surface area contributed by atoms with Crippen molar-refractivity contribution in [1.82, 2.24) is 0 Å². The minimum atomic E-state index is -1.07. The number of ether oxygens (including phenoxy) is 2. The van der Waals surface area contributed by atoms with Crippen LogP contribution in [0.2, 0.25) is 0 Å². The highest BCUT2D eigenvalue weighted by molar-refractivity contribution is 5.69. The summed E-state index contributed by atoms with van der Waals surface area (Å²) < 4.78 is 10.1. The number of aliphatic hydroxyl groups is 3. The molecule has 3 N–H and O–H groups in total. The maximum atomic E-state index is 11.9. The van der Waals surface area contributed by atoms with Gasteiger partial charge in [0.25, 0.3) is 0 Å². The fraction of sp³-hybridized carbons (Fsp3) is 0.722. The summed E-state index contributed by atoms with van der Waals surface area (Å²) in [5, 5.41) is 30.2. The van der Waals surface area contributed by atoms with Gasteiger partial charge in [0, 0.05) is 12.8 Å². The van der Waals surface area contributed by atoms with E-state index in [9.17, 15) is 24.9 Å². The molecular weight excluding hydrogens is 544 g/mol. The molecular formula is C36H62O7. The van der Waals surface area contributed by atoms with Gasteiger partial charge in [-0.05, 0) is 57.3 Å². The van der Waals surface area contributed by atoms with Gasteiger partial charge in [-0.1, -0.05) is 114 Å². The molecule has 248 valence electrons. The Labute approximate surface area is 262 Å². The van der Waals surface area contributed by atoms with Crippen molar-refractivity contribution >= 4 is 11.9 Å². The normalized spacial score (nSPS) is 15.0. The predicted molar refractivity (Wildman–Crippen MR) is 175 cm³/mol. The Morgan fingerprint density at radius 2 is 1.09 bits per heavy atom. The van der Waals surface area contributed by atoms with E-state index in [1.165, 1.54) is 32.1 Å². The number of carbonyl (C=O) groups is 2. The Kier molecular flexibility index (Phi) is 28.3. The number of carbonyl (C=O) groups excluding carboxylic acids is 2. The van der Waals surface area contributed by atoms with E-state index in [4.69, 9.17) is 9.47 Å². The molecule has 7 heteroatoms. The molecule has 0 heterocycles. The summed E-state index contributed by atoms with van der Waals surface area (Å²) in [6, 6.07) is 0. The third kappa shape index (κ3) is 28.3. The average Bonchev–Trinajstić information content (AvgIpc) is 3.00. The molecule has 0 aromatic carbocycles. The number of rotatable bonds is 28. The summed E-state index contributed by atoms with van der Waals surface area (Å²) >= 11 is 0. The van der Waals surface area contributed by atoms with E-state index < -0.39 is 24.3 Å². The molecule has 0 aromatic heterocycles. The lowest BCUT2D eigenvalue weighted by atomic mass is 10.00. The van der Waals surface area contributed by atoms with Crippen molar-refractivity contribution in [3.05, 3.63) is 48.6 Å². The number of allylic oxidation sites excluding steroid dienone is 7. The van der Waals surface area contributed by atoms with E-state index in [1.54, 1.807) is 0 Å². The summed E-state index contributed by atoms with van der Waals surface area (Å²) in [6.07, 6.45) is 27.8. The van der Waals surface area contributed by atoms with E-state index in [0.717, 1.165) is 50.9 Å². The summed E-state index contributed by atoms with van der Waals surface area (Å²) in [6.45, 7) is 6.19. The molecule has 0 fully saturated rings. The summed E-state index contributed by atoms with van der Waals surface area (Å²) in [5.74, 6) is -0.0458. The quantitative estimate of drug-likeness (QED) is 0.0475. The van der Waals surface area contributed by atoms with E-state index in [-0.39, 0.29) is 32.0 Å². The number of hydrogen-bond donors (Lipinski definition) is 3. The lowest BCUT2D eigenvalue weighted by molar-refractivity contribution is -0.152. The Morgan fingerprint density at radius 1 is 0.605 bits per heavy atom. The van der Waals surface area contributed by atoms with E-state index in [1.807, 2.05) is 12.2 Å². The van der Waals surface area contributed by atoms with Crippen LogP contribution in [0.5, 0.6) is 0 Å². The molecule has 1 unspecified atom stereocenters. The highest BCUT2D eigenvalue weighted by Gasteiger charge is 2.16. The van der Waals surface area contributed by atoms with Crippen LogP contribution in [0, 0.1) is 5.92 Å². The number of hydrogen-bond acceptors (Lipinski definition) is 7. The SMILES string of the molecule is CC/C=C\C/C=C\C/C=C\C/C=C\C[C@H](O)[C@@H](O)CCCC(=O)OC[C@@H](O)COC(=O)CCCCCCCCC(C)CC. The van der Waals surface area contributed by atoms with Gasteiger partial charge in [-0.15, -0.1) is 0 Å². The Bertz CT molecular complexity index is 786. The molecule has 7 nitrogen and oxygen atoms in total. The maximum Gasteiger partial charge on any atom is 0.305 e. The van der Waals surface area contributed by atoms with Crippen LogP contribution in [0.15, 0.2) is 48.6 Å². The van der Waals surface area contributed by atoms with Gasteiger partial charge in [-0.25, -0.2) is 0 Å². The molecule has 0 radical (unpaired) electrons. The lowest BCUT2D eigenvalue weighted by Gasteiger charge is -2.16. The topological polar surface area (TPSA) is 113 Å². The Hall–Kier alpha value is -2.22. The zero-order valence-corrected chi connectivity index (χ0v) is 27.3. The third-order valence-electron chi connectivity index (χ3n) is 7.32. The fourth-order valence-electron chi connectivity index (χ4n) is 4.26. The maximum absolute atomic E-state index is 11.9. The molecule has 0 amide bonds. The average molecular weight is 607 g/mol. The summed E-state index contributed by atoms with van der Waals surface area (Å²) in [5.41, 5.74) is 0. The molecule has 0 spiro atoms. The largest absolute Gasteiger partial charge is 0.463 e. The van der Waals surface area contributed by atoms with Crippen LogP contribution in [-0.2, 0) is 19.1 Å². The number of esters is 2. The third-order valence-corrected chi connectivity index (χ3v) is 7.32. The highest BCUT2D eigenvalue weighted by Crippen LogP contribution is 2.15.